The second-order valence-electron chi connectivity index (χ2n) is 8.08. The first-order chi connectivity index (χ1) is 15.0. The van der Waals surface area contributed by atoms with E-state index in [4.69, 9.17) is 16.5 Å². The van der Waals surface area contributed by atoms with Crippen molar-refractivity contribution < 1.29 is 4.79 Å². The fraction of sp³-hybridized carbons (Fsp3) is 0.208. The van der Waals surface area contributed by atoms with Crippen LogP contribution in [0, 0.1) is 6.92 Å². The quantitative estimate of drug-likeness (QED) is 0.476. The van der Waals surface area contributed by atoms with Gasteiger partial charge >= 0.3 is 0 Å². The average Bonchev–Trinajstić information content (AvgIpc) is 3.40. The van der Waals surface area contributed by atoms with Crippen LogP contribution < -0.4 is 16.4 Å². The molecule has 1 aliphatic heterocycles. The summed E-state index contributed by atoms with van der Waals surface area (Å²) in [6.07, 6.45) is 4.59. The summed E-state index contributed by atoms with van der Waals surface area (Å²) in [7, 11) is 0. The number of nitrogens with two attached hydrogens (primary N) is 2. The smallest absolute Gasteiger partial charge is 0.248 e. The third-order valence-corrected chi connectivity index (χ3v) is 5.89. The van der Waals surface area contributed by atoms with Gasteiger partial charge in [-0.05, 0) is 42.7 Å². The largest absolute Gasteiger partial charge is 0.369 e. The van der Waals surface area contributed by atoms with Crippen LogP contribution >= 0.6 is 0 Å². The minimum atomic E-state index is -0.455. The fourth-order valence-electron chi connectivity index (χ4n) is 4.31. The molecular weight excluding hydrogens is 388 g/mol. The molecule has 0 radical (unpaired) electrons. The Bertz CT molecular complexity index is 1290. The molecule has 5 rings (SSSR count). The fourth-order valence-corrected chi connectivity index (χ4v) is 4.31. The van der Waals surface area contributed by atoms with Crippen LogP contribution in [0.2, 0.25) is 0 Å². The molecular formula is C24H24N6O. The molecule has 0 spiro atoms. The van der Waals surface area contributed by atoms with Crippen LogP contribution in [0.15, 0.2) is 54.9 Å². The number of anilines is 1. The number of pyridine rings is 1. The number of amides is 1. The van der Waals surface area contributed by atoms with E-state index in [1.54, 1.807) is 6.07 Å². The molecule has 31 heavy (non-hydrogen) atoms. The summed E-state index contributed by atoms with van der Waals surface area (Å²) in [6, 6.07) is 13.5. The van der Waals surface area contributed by atoms with Crippen molar-refractivity contribution >= 4 is 22.6 Å². The average molecular weight is 412 g/mol. The van der Waals surface area contributed by atoms with E-state index in [9.17, 15) is 4.79 Å². The molecule has 4 aromatic rings. The van der Waals surface area contributed by atoms with E-state index in [2.05, 4.69) is 27.9 Å². The van der Waals surface area contributed by atoms with E-state index in [1.807, 2.05) is 42.7 Å². The monoisotopic (exact) mass is 412 g/mol. The Hall–Kier alpha value is -3.71. The summed E-state index contributed by atoms with van der Waals surface area (Å²) in [5.41, 5.74) is 19.0. The molecule has 1 atom stereocenters. The number of rotatable bonds is 4. The Kier molecular flexibility index (Phi) is 4.67. The van der Waals surface area contributed by atoms with Crippen LogP contribution in [0.25, 0.3) is 33.5 Å². The van der Waals surface area contributed by atoms with Crippen molar-refractivity contribution in [2.24, 2.45) is 11.5 Å². The van der Waals surface area contributed by atoms with Crippen molar-refractivity contribution in [1.82, 2.24) is 15.0 Å². The molecule has 5 N–H and O–H groups in total. The number of primary amides is 1. The van der Waals surface area contributed by atoms with Gasteiger partial charge in [0.05, 0.1) is 22.3 Å². The molecule has 2 aromatic carbocycles. The molecule has 1 aliphatic rings. The van der Waals surface area contributed by atoms with Gasteiger partial charge in [0.15, 0.2) is 0 Å². The van der Waals surface area contributed by atoms with Crippen molar-refractivity contribution in [3.63, 3.8) is 0 Å². The maximum atomic E-state index is 11.8. The molecule has 0 bridgehead atoms. The number of aromatic amines is 1. The van der Waals surface area contributed by atoms with Gasteiger partial charge in [0.25, 0.3) is 0 Å². The molecule has 7 heteroatoms. The topological polar surface area (TPSA) is 114 Å². The minimum absolute atomic E-state index is 0.115. The summed E-state index contributed by atoms with van der Waals surface area (Å²) >= 11 is 0. The molecule has 0 aliphatic carbocycles. The standard InChI is InChI=1S/C24H24N6O/c1-14-4-2-7-20-21(14)29-24(28-20)19-12-27-11-18(22(19)30-9-8-17(25)13-30)15-5-3-6-16(10-15)23(26)31/h2-7,10-12,17H,8-9,13,25H2,1H3,(H2,26,31)(H,28,29)/t17-/m0/s1. The number of carbonyl (C=O) groups excluding carboxylic acids is 1. The van der Waals surface area contributed by atoms with Crippen LogP contribution in [-0.2, 0) is 0 Å². The lowest BCUT2D eigenvalue weighted by Crippen LogP contribution is -2.27. The molecule has 0 saturated carbocycles. The maximum absolute atomic E-state index is 11.8. The Morgan fingerprint density at radius 3 is 2.71 bits per heavy atom. The summed E-state index contributed by atoms with van der Waals surface area (Å²) in [5, 5.41) is 0. The van der Waals surface area contributed by atoms with Crippen LogP contribution in [0.3, 0.4) is 0 Å². The van der Waals surface area contributed by atoms with Gasteiger partial charge in [-0.3, -0.25) is 9.78 Å². The zero-order valence-corrected chi connectivity index (χ0v) is 17.3. The zero-order chi connectivity index (χ0) is 21.5. The Balaban J connectivity index is 1.73. The number of hydrogen-bond donors (Lipinski definition) is 3. The first-order valence-electron chi connectivity index (χ1n) is 10.4. The van der Waals surface area contributed by atoms with Gasteiger partial charge in [-0.1, -0.05) is 24.3 Å². The van der Waals surface area contributed by atoms with Gasteiger partial charge in [0.1, 0.15) is 5.82 Å². The van der Waals surface area contributed by atoms with Crippen molar-refractivity contribution in [3.05, 3.63) is 66.0 Å². The number of imidazole rings is 1. The Morgan fingerprint density at radius 2 is 1.97 bits per heavy atom. The zero-order valence-electron chi connectivity index (χ0n) is 17.3. The predicted octanol–water partition coefficient (Wildman–Crippen LogP) is 3.24. The molecule has 1 saturated heterocycles. The number of nitrogens with one attached hydrogen (secondary N) is 1. The summed E-state index contributed by atoms with van der Waals surface area (Å²) in [6.45, 7) is 3.65. The number of aryl methyl sites for hydroxylation is 1. The van der Waals surface area contributed by atoms with Gasteiger partial charge in [-0.15, -0.1) is 0 Å². The van der Waals surface area contributed by atoms with E-state index < -0.39 is 5.91 Å². The number of hydrogen-bond acceptors (Lipinski definition) is 5. The molecule has 3 heterocycles. The lowest BCUT2D eigenvalue weighted by Gasteiger charge is -2.24. The van der Waals surface area contributed by atoms with Crippen LogP contribution in [0.4, 0.5) is 5.69 Å². The molecule has 2 aromatic heterocycles. The Morgan fingerprint density at radius 1 is 1.16 bits per heavy atom. The highest BCUT2D eigenvalue weighted by Gasteiger charge is 2.26. The number of carbonyl (C=O) groups is 1. The van der Waals surface area contributed by atoms with Gasteiger partial charge in [0.2, 0.25) is 5.91 Å². The van der Waals surface area contributed by atoms with Crippen LogP contribution in [-0.4, -0.2) is 40.0 Å². The van der Waals surface area contributed by atoms with Gasteiger partial charge < -0.3 is 21.4 Å². The Labute approximate surface area is 180 Å². The molecule has 1 amide bonds. The van der Waals surface area contributed by atoms with E-state index in [1.165, 1.54) is 0 Å². The van der Waals surface area contributed by atoms with Crippen LogP contribution in [0.5, 0.6) is 0 Å². The van der Waals surface area contributed by atoms with E-state index in [0.717, 1.165) is 64.3 Å². The minimum Gasteiger partial charge on any atom is -0.369 e. The van der Waals surface area contributed by atoms with Gasteiger partial charge in [0, 0.05) is 42.7 Å². The number of nitrogens with zero attached hydrogens (tertiary/aromatic N) is 3. The van der Waals surface area contributed by atoms with Gasteiger partial charge in [-0.2, -0.15) is 0 Å². The third-order valence-electron chi connectivity index (χ3n) is 5.89. The number of H-pyrrole nitrogens is 1. The highest BCUT2D eigenvalue weighted by atomic mass is 16.1. The third kappa shape index (κ3) is 3.43. The second kappa shape index (κ2) is 7.52. The van der Waals surface area contributed by atoms with Crippen molar-refractivity contribution in [1.29, 1.82) is 0 Å². The number of benzene rings is 2. The number of fused-ring (bicyclic) bond motifs is 1. The molecule has 1 fully saturated rings. The predicted molar refractivity (Wildman–Crippen MR) is 123 cm³/mol. The molecule has 0 unspecified atom stereocenters. The van der Waals surface area contributed by atoms with E-state index in [0.29, 0.717) is 5.56 Å². The van der Waals surface area contributed by atoms with E-state index in [-0.39, 0.29) is 6.04 Å². The maximum Gasteiger partial charge on any atom is 0.248 e. The van der Waals surface area contributed by atoms with Gasteiger partial charge in [-0.25, -0.2) is 4.98 Å². The molecule has 7 nitrogen and oxygen atoms in total. The SMILES string of the molecule is Cc1cccc2[nH]c(-c3cncc(-c4cccc(C(N)=O)c4)c3N3CC[C@H](N)C3)nc12. The van der Waals surface area contributed by atoms with E-state index >= 15 is 0 Å². The number of aromatic nitrogens is 3. The van der Waals surface area contributed by atoms with Crippen LogP contribution in [0.1, 0.15) is 22.3 Å². The summed E-state index contributed by atoms with van der Waals surface area (Å²) in [4.78, 5) is 26.9. The molecule has 156 valence electrons. The first-order valence-corrected chi connectivity index (χ1v) is 10.4. The van der Waals surface area contributed by atoms with Crippen molar-refractivity contribution in [2.75, 3.05) is 18.0 Å². The summed E-state index contributed by atoms with van der Waals surface area (Å²) in [5.74, 6) is 0.309. The highest BCUT2D eigenvalue weighted by Crippen LogP contribution is 2.40. The first kappa shape index (κ1) is 19.3. The summed E-state index contributed by atoms with van der Waals surface area (Å²) < 4.78 is 0. The van der Waals surface area contributed by atoms with Crippen molar-refractivity contribution in [2.45, 2.75) is 19.4 Å². The lowest BCUT2D eigenvalue weighted by atomic mass is 9.99. The lowest BCUT2D eigenvalue weighted by molar-refractivity contribution is 0.100. The van der Waals surface area contributed by atoms with Crippen molar-refractivity contribution in [3.8, 4) is 22.5 Å². The number of para-hydroxylation sites is 1. The highest BCUT2D eigenvalue weighted by molar-refractivity contribution is 5.96. The second-order valence-corrected chi connectivity index (χ2v) is 8.08. The normalized spacial score (nSPS) is 16.2.